The molecule has 0 bridgehead atoms. The third-order valence-electron chi connectivity index (χ3n) is 0.375. The Labute approximate surface area is 53.2 Å². The van der Waals surface area contributed by atoms with E-state index in [2.05, 4.69) is 0 Å². The van der Waals surface area contributed by atoms with Gasteiger partial charge in [-0.2, -0.15) is 0 Å². The van der Waals surface area contributed by atoms with Crippen LogP contribution in [0.1, 0.15) is 0 Å². The number of carbonyl (C=O) groups excluding carboxylic acids is 1. The van der Waals surface area contributed by atoms with Gasteiger partial charge in [-0.25, -0.2) is 8.78 Å². The molecule has 0 fully saturated rings. The highest BCUT2D eigenvalue weighted by Gasteiger charge is 2.11. The van der Waals surface area contributed by atoms with E-state index in [1.807, 2.05) is 0 Å². The topological polar surface area (TPSA) is 17.1 Å². The first-order valence-electron chi connectivity index (χ1n) is 1.55. The average Bonchev–Trinajstić information content (AvgIpc) is 1.65. The summed E-state index contributed by atoms with van der Waals surface area (Å²) >= 11 is 1.60. The third-order valence-corrected chi connectivity index (χ3v) is 1.13. The lowest BCUT2D eigenvalue weighted by Crippen LogP contribution is -2.09. The summed E-state index contributed by atoms with van der Waals surface area (Å²) in [7, 11) is 0. The zero-order chi connectivity index (χ0) is 5.86. The molecule has 0 aliphatic carbocycles. The Morgan fingerprint density at radius 2 is 2.14 bits per heavy atom. The van der Waals surface area contributed by atoms with Crippen molar-refractivity contribution >= 4 is 28.4 Å². The summed E-state index contributed by atoms with van der Waals surface area (Å²) in [5.74, 6) is -0.999. The van der Waals surface area contributed by atoms with E-state index in [0.29, 0.717) is 0 Å². The molecule has 1 nitrogen and oxygen atoms in total. The normalized spacial score (nSPS) is 9.71. The molecule has 0 aliphatic heterocycles. The van der Waals surface area contributed by atoms with Gasteiger partial charge in [0, 0.05) is 0 Å². The Hall–Kier alpha value is 0.260. The maximum absolute atomic E-state index is 11.1. The molecule has 0 radical (unpaired) electrons. The molecule has 0 unspecified atom stereocenters. The third kappa shape index (κ3) is 2.90. The van der Waals surface area contributed by atoms with Crippen LogP contribution in [0.5, 0.6) is 0 Å². The van der Waals surface area contributed by atoms with Crippen molar-refractivity contribution in [1.29, 1.82) is 0 Å². The molecule has 7 heavy (non-hydrogen) atoms. The minimum Gasteiger partial charge on any atom is -0.292 e. The van der Waals surface area contributed by atoms with E-state index in [4.69, 9.17) is 0 Å². The van der Waals surface area contributed by atoms with Gasteiger partial charge < -0.3 is 0 Å². The molecule has 0 spiro atoms. The number of carbonyl (C=O) groups is 1. The summed E-state index contributed by atoms with van der Waals surface area (Å²) in [6, 6.07) is 0. The van der Waals surface area contributed by atoms with Crippen LogP contribution in [0.4, 0.5) is 8.78 Å². The number of halogens is 3. The Balaban J connectivity index is 3.35. The maximum Gasteiger partial charge on any atom is 0.296 e. The first-order chi connectivity index (χ1) is 3.18. The van der Waals surface area contributed by atoms with Crippen molar-refractivity contribution < 1.29 is 13.6 Å². The summed E-state index contributed by atoms with van der Waals surface area (Å²) in [4.78, 5) is 9.75. The van der Waals surface area contributed by atoms with E-state index in [1.54, 1.807) is 22.6 Å². The number of ketones is 1. The van der Waals surface area contributed by atoms with Gasteiger partial charge in [0.25, 0.3) is 6.43 Å². The fraction of sp³-hybridized carbons (Fsp3) is 0.667. The van der Waals surface area contributed by atoms with Gasteiger partial charge in [0.1, 0.15) is 0 Å². The lowest BCUT2D eigenvalue weighted by atomic mass is 10.5. The number of hydrogen-bond acceptors (Lipinski definition) is 1. The van der Waals surface area contributed by atoms with Gasteiger partial charge in [0.2, 0.25) is 5.78 Å². The van der Waals surface area contributed by atoms with Crippen LogP contribution >= 0.6 is 22.6 Å². The van der Waals surface area contributed by atoms with Crippen LogP contribution in [0.15, 0.2) is 0 Å². The number of rotatable bonds is 2. The highest BCUT2D eigenvalue weighted by Crippen LogP contribution is 1.96. The molecule has 42 valence electrons. The minimum absolute atomic E-state index is 0.102. The molecule has 0 aromatic heterocycles. The molecule has 0 aliphatic rings. The quantitative estimate of drug-likeness (QED) is 0.505. The molecule has 0 atom stereocenters. The largest absolute Gasteiger partial charge is 0.296 e. The summed E-state index contributed by atoms with van der Waals surface area (Å²) in [6.07, 6.45) is -2.78. The van der Waals surface area contributed by atoms with Crippen molar-refractivity contribution in [2.45, 2.75) is 6.43 Å². The molecule has 0 aromatic rings. The van der Waals surface area contributed by atoms with Gasteiger partial charge in [-0.15, -0.1) is 0 Å². The second kappa shape index (κ2) is 3.29. The van der Waals surface area contributed by atoms with Crippen molar-refractivity contribution in [3.63, 3.8) is 0 Å². The average molecular weight is 220 g/mol. The minimum atomic E-state index is -2.78. The summed E-state index contributed by atoms with van der Waals surface area (Å²) in [5.41, 5.74) is 0. The van der Waals surface area contributed by atoms with Crippen LogP contribution in [0.3, 0.4) is 0 Å². The Bertz CT molecular complexity index is 73.3. The zero-order valence-corrected chi connectivity index (χ0v) is 5.48. The Morgan fingerprint density at radius 3 is 2.14 bits per heavy atom. The highest BCUT2D eigenvalue weighted by atomic mass is 127. The fourth-order valence-electron chi connectivity index (χ4n) is 0.0583. The van der Waals surface area contributed by atoms with E-state index in [0.717, 1.165) is 0 Å². The molecule has 0 heterocycles. The molecule has 0 saturated carbocycles. The van der Waals surface area contributed by atoms with E-state index < -0.39 is 12.2 Å². The van der Waals surface area contributed by atoms with Gasteiger partial charge in [-0.3, -0.25) is 4.79 Å². The molecule has 0 rings (SSSR count). The van der Waals surface area contributed by atoms with Crippen LogP contribution in [0.2, 0.25) is 0 Å². The van der Waals surface area contributed by atoms with E-state index in [-0.39, 0.29) is 4.43 Å². The lowest BCUT2D eigenvalue weighted by Gasteiger charge is -1.87. The number of Topliss-reactive ketones (excluding diaryl/α,β-unsaturated/α-hetero) is 1. The Kier molecular flexibility index (Phi) is 3.41. The predicted molar refractivity (Wildman–Crippen MR) is 29.9 cm³/mol. The number of hydrogen-bond donors (Lipinski definition) is 0. The van der Waals surface area contributed by atoms with E-state index in [1.165, 1.54) is 0 Å². The molecular formula is C3H3F2IO. The van der Waals surface area contributed by atoms with E-state index in [9.17, 15) is 13.6 Å². The van der Waals surface area contributed by atoms with Crippen LogP contribution in [0.25, 0.3) is 0 Å². The molecule has 0 amide bonds. The first-order valence-corrected chi connectivity index (χ1v) is 3.08. The molecule has 0 saturated heterocycles. The Morgan fingerprint density at radius 1 is 1.71 bits per heavy atom. The van der Waals surface area contributed by atoms with Crippen molar-refractivity contribution in [2.24, 2.45) is 0 Å². The summed E-state index contributed by atoms with van der Waals surface area (Å²) < 4.78 is 22.0. The monoisotopic (exact) mass is 220 g/mol. The van der Waals surface area contributed by atoms with Crippen molar-refractivity contribution in [1.82, 2.24) is 0 Å². The van der Waals surface area contributed by atoms with Gasteiger partial charge >= 0.3 is 0 Å². The number of alkyl halides is 3. The van der Waals surface area contributed by atoms with Crippen molar-refractivity contribution in [3.05, 3.63) is 0 Å². The smallest absolute Gasteiger partial charge is 0.292 e. The summed E-state index contributed by atoms with van der Waals surface area (Å²) in [6.45, 7) is 0. The van der Waals surface area contributed by atoms with Crippen LogP contribution in [-0.2, 0) is 4.79 Å². The lowest BCUT2D eigenvalue weighted by molar-refractivity contribution is -0.126. The van der Waals surface area contributed by atoms with Crippen LogP contribution in [0, 0.1) is 0 Å². The highest BCUT2D eigenvalue weighted by molar-refractivity contribution is 14.1. The first kappa shape index (κ1) is 7.26. The predicted octanol–water partition coefficient (Wildman–Crippen LogP) is 1.26. The van der Waals surface area contributed by atoms with Crippen LogP contribution < -0.4 is 0 Å². The van der Waals surface area contributed by atoms with Crippen LogP contribution in [-0.4, -0.2) is 16.6 Å². The molecule has 0 aromatic carbocycles. The second-order valence-corrected chi connectivity index (χ2v) is 1.66. The standard InChI is InChI=1S/C3H3F2IO/c4-3(5)2(7)1-6/h3H,1H2. The molecular weight excluding hydrogens is 217 g/mol. The van der Waals surface area contributed by atoms with Crippen molar-refractivity contribution in [2.75, 3.05) is 4.43 Å². The van der Waals surface area contributed by atoms with Crippen molar-refractivity contribution in [3.8, 4) is 0 Å². The fourth-order valence-corrected chi connectivity index (χ4v) is 0.391. The SMILES string of the molecule is O=C(CI)C(F)F. The molecule has 4 heteroatoms. The summed E-state index contributed by atoms with van der Waals surface area (Å²) in [5, 5.41) is 0. The van der Waals surface area contributed by atoms with Gasteiger partial charge in [-0.1, -0.05) is 22.6 Å². The van der Waals surface area contributed by atoms with Gasteiger partial charge in [0.05, 0.1) is 4.43 Å². The maximum atomic E-state index is 11.1. The zero-order valence-electron chi connectivity index (χ0n) is 3.33. The van der Waals surface area contributed by atoms with E-state index >= 15 is 0 Å². The van der Waals surface area contributed by atoms with Gasteiger partial charge in [-0.05, 0) is 0 Å². The second-order valence-electron chi connectivity index (χ2n) is 0.901. The molecule has 0 N–H and O–H groups in total. The van der Waals surface area contributed by atoms with Gasteiger partial charge in [0.15, 0.2) is 0 Å².